The summed E-state index contributed by atoms with van der Waals surface area (Å²) in [5, 5.41) is 10.7. The average molecular weight is 311 g/mol. The van der Waals surface area contributed by atoms with Crippen molar-refractivity contribution < 1.29 is 18.6 Å². The number of hydrogen-bond donors (Lipinski definition) is 1. The van der Waals surface area contributed by atoms with Gasteiger partial charge in [0.25, 0.3) is 0 Å². The molecular weight excluding hydrogens is 298 g/mol. The Bertz CT molecular complexity index is 668. The molecule has 1 unspecified atom stereocenters. The topological polar surface area (TPSA) is 29.5 Å². The third kappa shape index (κ3) is 2.74. The summed E-state index contributed by atoms with van der Waals surface area (Å²) in [5.74, 6) is -0.862. The molecule has 5 heteroatoms. The predicted octanol–water partition coefficient (Wildman–Crippen LogP) is 3.83. The van der Waals surface area contributed by atoms with E-state index in [2.05, 4.69) is 0 Å². The van der Waals surface area contributed by atoms with E-state index in [-0.39, 0.29) is 12.0 Å². The molecule has 0 saturated heterocycles. The maximum atomic E-state index is 13.7. The van der Waals surface area contributed by atoms with Gasteiger partial charge in [-0.1, -0.05) is 17.7 Å². The van der Waals surface area contributed by atoms with Gasteiger partial charge in [-0.25, -0.2) is 8.78 Å². The summed E-state index contributed by atoms with van der Waals surface area (Å²) in [5.41, 5.74) is 1.29. The van der Waals surface area contributed by atoms with E-state index in [1.54, 1.807) is 6.07 Å². The Morgan fingerprint density at radius 1 is 1.24 bits per heavy atom. The molecule has 3 rings (SSSR count). The van der Waals surface area contributed by atoms with Crippen LogP contribution in [-0.2, 0) is 12.8 Å². The normalized spacial score (nSPS) is 14.7. The van der Waals surface area contributed by atoms with Crippen molar-refractivity contribution in [2.75, 3.05) is 6.61 Å². The van der Waals surface area contributed by atoms with Gasteiger partial charge >= 0.3 is 0 Å². The third-order valence-corrected chi connectivity index (χ3v) is 3.79. The molecule has 2 aromatic rings. The summed E-state index contributed by atoms with van der Waals surface area (Å²) in [6.07, 6.45) is -0.508. The highest BCUT2D eigenvalue weighted by molar-refractivity contribution is 6.30. The van der Waals surface area contributed by atoms with Crippen molar-refractivity contribution in [1.82, 2.24) is 0 Å². The van der Waals surface area contributed by atoms with Gasteiger partial charge in [0.2, 0.25) is 0 Å². The SMILES string of the molecule is OC(Cc1cc(Cl)cc2c1OCC2)c1c(F)cccc1F. The molecular formula is C16H13ClF2O2. The van der Waals surface area contributed by atoms with E-state index >= 15 is 0 Å². The van der Waals surface area contributed by atoms with Crippen LogP contribution in [0.2, 0.25) is 5.02 Å². The average Bonchev–Trinajstić information content (AvgIpc) is 2.86. The first-order valence-corrected chi connectivity index (χ1v) is 7.00. The molecule has 0 aliphatic carbocycles. The van der Waals surface area contributed by atoms with Crippen molar-refractivity contribution >= 4 is 11.6 Å². The molecule has 2 nitrogen and oxygen atoms in total. The zero-order valence-electron chi connectivity index (χ0n) is 11.1. The van der Waals surface area contributed by atoms with Crippen LogP contribution in [0, 0.1) is 11.6 Å². The van der Waals surface area contributed by atoms with Crippen molar-refractivity contribution in [3.63, 3.8) is 0 Å². The molecule has 0 fully saturated rings. The second-order valence-electron chi connectivity index (χ2n) is 5.01. The van der Waals surface area contributed by atoms with Crippen LogP contribution in [0.3, 0.4) is 0 Å². The zero-order chi connectivity index (χ0) is 15.0. The summed E-state index contributed by atoms with van der Waals surface area (Å²) in [6, 6.07) is 6.99. The highest BCUT2D eigenvalue weighted by Crippen LogP contribution is 2.36. The molecule has 0 amide bonds. The smallest absolute Gasteiger partial charge is 0.131 e. The maximum absolute atomic E-state index is 13.7. The molecule has 0 spiro atoms. The standard InChI is InChI=1S/C16H13ClF2O2/c17-11-6-9-4-5-21-16(9)10(7-11)8-14(20)15-12(18)2-1-3-13(15)19/h1-3,6-7,14,20H,4-5,8H2. The Kier molecular flexibility index (Phi) is 3.83. The summed E-state index contributed by atoms with van der Waals surface area (Å²) in [4.78, 5) is 0. The second-order valence-corrected chi connectivity index (χ2v) is 5.44. The Morgan fingerprint density at radius 3 is 2.67 bits per heavy atom. The molecule has 1 aliphatic rings. The van der Waals surface area contributed by atoms with Crippen LogP contribution in [0.4, 0.5) is 8.78 Å². The molecule has 0 aromatic heterocycles. The van der Waals surface area contributed by atoms with Crippen molar-refractivity contribution in [3.8, 4) is 5.75 Å². The lowest BCUT2D eigenvalue weighted by Gasteiger charge is -2.15. The first-order valence-electron chi connectivity index (χ1n) is 6.62. The molecule has 0 radical (unpaired) electrons. The van der Waals surface area contributed by atoms with Crippen LogP contribution in [0.15, 0.2) is 30.3 Å². The van der Waals surface area contributed by atoms with Crippen LogP contribution in [0.5, 0.6) is 5.75 Å². The van der Waals surface area contributed by atoms with Gasteiger partial charge in [0.1, 0.15) is 17.4 Å². The van der Waals surface area contributed by atoms with Crippen LogP contribution < -0.4 is 4.74 Å². The molecule has 0 bridgehead atoms. The van der Waals surface area contributed by atoms with Crippen molar-refractivity contribution in [1.29, 1.82) is 0 Å². The first-order chi connectivity index (χ1) is 10.1. The number of benzene rings is 2. The fourth-order valence-electron chi connectivity index (χ4n) is 2.64. The molecule has 110 valence electrons. The van der Waals surface area contributed by atoms with Gasteiger partial charge in [0.15, 0.2) is 0 Å². The minimum absolute atomic E-state index is 0.0424. The van der Waals surface area contributed by atoms with Gasteiger partial charge in [-0.05, 0) is 35.4 Å². The fourth-order valence-corrected chi connectivity index (χ4v) is 2.90. The van der Waals surface area contributed by atoms with Gasteiger partial charge < -0.3 is 9.84 Å². The Morgan fingerprint density at radius 2 is 1.95 bits per heavy atom. The number of ether oxygens (including phenoxy) is 1. The Hall–Kier alpha value is -1.65. The lowest BCUT2D eigenvalue weighted by atomic mass is 9.98. The molecule has 2 aromatic carbocycles. The minimum Gasteiger partial charge on any atom is -0.493 e. The quantitative estimate of drug-likeness (QED) is 0.933. The van der Waals surface area contributed by atoms with E-state index in [1.165, 1.54) is 6.07 Å². The van der Waals surface area contributed by atoms with Gasteiger partial charge in [0, 0.05) is 17.9 Å². The van der Waals surface area contributed by atoms with E-state index in [1.807, 2.05) is 6.07 Å². The minimum atomic E-state index is -1.29. The van der Waals surface area contributed by atoms with Gasteiger partial charge in [0.05, 0.1) is 18.3 Å². The van der Waals surface area contributed by atoms with Crippen LogP contribution >= 0.6 is 11.6 Å². The van der Waals surface area contributed by atoms with Crippen LogP contribution in [0.1, 0.15) is 22.8 Å². The summed E-state index contributed by atoms with van der Waals surface area (Å²) in [6.45, 7) is 0.548. The zero-order valence-corrected chi connectivity index (χ0v) is 11.8. The lowest BCUT2D eigenvalue weighted by molar-refractivity contribution is 0.167. The monoisotopic (exact) mass is 310 g/mol. The largest absolute Gasteiger partial charge is 0.493 e. The first kappa shape index (κ1) is 14.3. The van der Waals surface area contributed by atoms with E-state index in [9.17, 15) is 13.9 Å². The summed E-state index contributed by atoms with van der Waals surface area (Å²) in [7, 11) is 0. The highest BCUT2D eigenvalue weighted by atomic mass is 35.5. The number of hydrogen-bond acceptors (Lipinski definition) is 2. The lowest BCUT2D eigenvalue weighted by Crippen LogP contribution is -2.08. The number of aliphatic hydroxyl groups is 1. The molecule has 1 aliphatic heterocycles. The summed E-state index contributed by atoms with van der Waals surface area (Å²) < 4.78 is 32.9. The van der Waals surface area contributed by atoms with Crippen LogP contribution in [-0.4, -0.2) is 11.7 Å². The second kappa shape index (κ2) is 5.62. The van der Waals surface area contributed by atoms with Crippen molar-refractivity contribution in [2.45, 2.75) is 18.9 Å². The van der Waals surface area contributed by atoms with Gasteiger partial charge in [-0.2, -0.15) is 0 Å². The molecule has 21 heavy (non-hydrogen) atoms. The number of fused-ring (bicyclic) bond motifs is 1. The summed E-state index contributed by atoms with van der Waals surface area (Å²) >= 11 is 6.04. The molecule has 1 N–H and O–H groups in total. The Balaban J connectivity index is 1.94. The molecule has 0 saturated carbocycles. The van der Waals surface area contributed by atoms with E-state index < -0.39 is 17.7 Å². The van der Waals surface area contributed by atoms with E-state index in [0.29, 0.717) is 22.9 Å². The Labute approximate surface area is 125 Å². The van der Waals surface area contributed by atoms with Gasteiger partial charge in [-0.3, -0.25) is 0 Å². The number of rotatable bonds is 3. The van der Waals surface area contributed by atoms with E-state index in [4.69, 9.17) is 16.3 Å². The molecule has 1 heterocycles. The number of aliphatic hydroxyl groups excluding tert-OH is 1. The molecule has 1 atom stereocenters. The van der Waals surface area contributed by atoms with E-state index in [0.717, 1.165) is 24.1 Å². The van der Waals surface area contributed by atoms with Gasteiger partial charge in [-0.15, -0.1) is 0 Å². The highest BCUT2D eigenvalue weighted by Gasteiger charge is 2.23. The third-order valence-electron chi connectivity index (χ3n) is 3.57. The predicted molar refractivity (Wildman–Crippen MR) is 75.7 cm³/mol. The van der Waals surface area contributed by atoms with Crippen LogP contribution in [0.25, 0.3) is 0 Å². The fraction of sp³-hybridized carbons (Fsp3) is 0.250. The van der Waals surface area contributed by atoms with Crippen molar-refractivity contribution in [2.24, 2.45) is 0 Å². The number of halogens is 3. The van der Waals surface area contributed by atoms with Crippen molar-refractivity contribution in [3.05, 3.63) is 63.7 Å². The maximum Gasteiger partial charge on any atom is 0.131 e.